The van der Waals surface area contributed by atoms with Crippen LogP contribution < -0.4 is 4.90 Å². The molecule has 4 rings (SSSR count). The maximum absolute atomic E-state index is 12.2. The molecule has 2 heterocycles. The van der Waals surface area contributed by atoms with Gasteiger partial charge in [0.05, 0.1) is 0 Å². The van der Waals surface area contributed by atoms with Gasteiger partial charge in [0.1, 0.15) is 6.04 Å². The Morgan fingerprint density at radius 3 is 2.72 bits per heavy atom. The third-order valence-corrected chi connectivity index (χ3v) is 4.89. The number of para-hydroxylation sites is 1. The molecule has 1 aliphatic carbocycles. The van der Waals surface area contributed by atoms with E-state index in [1.165, 1.54) is 24.1 Å². The summed E-state index contributed by atoms with van der Waals surface area (Å²) < 4.78 is 0. The molecule has 1 saturated heterocycles. The molecule has 2 aliphatic heterocycles. The van der Waals surface area contributed by atoms with Gasteiger partial charge >= 0.3 is 0 Å². The summed E-state index contributed by atoms with van der Waals surface area (Å²) in [4.78, 5) is 16.5. The molecule has 0 bridgehead atoms. The fourth-order valence-electron chi connectivity index (χ4n) is 3.62. The van der Waals surface area contributed by atoms with Gasteiger partial charge in [0.2, 0.25) is 5.91 Å². The summed E-state index contributed by atoms with van der Waals surface area (Å²) in [6.07, 6.45) is 3.55. The lowest BCUT2D eigenvalue weighted by Gasteiger charge is -2.26. The summed E-state index contributed by atoms with van der Waals surface area (Å²) in [5.74, 6) is 0.294. The number of carbonyl (C=O) groups excluding carboxylic acids is 1. The topological polar surface area (TPSA) is 23.6 Å². The van der Waals surface area contributed by atoms with E-state index in [0.29, 0.717) is 11.3 Å². The van der Waals surface area contributed by atoms with Crippen molar-refractivity contribution in [1.29, 1.82) is 0 Å². The average molecular weight is 242 g/mol. The zero-order valence-electron chi connectivity index (χ0n) is 10.7. The van der Waals surface area contributed by atoms with Crippen LogP contribution in [-0.4, -0.2) is 37.0 Å². The predicted molar refractivity (Wildman–Crippen MR) is 70.7 cm³/mol. The van der Waals surface area contributed by atoms with Gasteiger partial charge in [-0.25, -0.2) is 0 Å². The molecule has 0 N–H and O–H groups in total. The van der Waals surface area contributed by atoms with Crippen LogP contribution in [0.5, 0.6) is 0 Å². The molecule has 2 fully saturated rings. The van der Waals surface area contributed by atoms with E-state index >= 15 is 0 Å². The van der Waals surface area contributed by atoms with Gasteiger partial charge in [0, 0.05) is 31.2 Å². The number of likely N-dealkylation sites (N-methyl/N-ethyl adjacent to an activating group) is 1. The minimum atomic E-state index is 0.0797. The standard InChI is InChI=1S/C15H18N2O/c1-16-9-6-13(14(16)18)17-10-15(7-8-15)11-4-2-3-5-12(11)17/h2-5,13H,6-10H2,1H3/t13-/m1/s1. The summed E-state index contributed by atoms with van der Waals surface area (Å²) in [6.45, 7) is 1.95. The van der Waals surface area contributed by atoms with Crippen LogP contribution in [0.4, 0.5) is 5.69 Å². The SMILES string of the molecule is CN1CC[C@@H](N2CC3(CC3)c3ccccc32)C1=O. The van der Waals surface area contributed by atoms with E-state index in [1.54, 1.807) is 0 Å². The molecular weight excluding hydrogens is 224 g/mol. The van der Waals surface area contributed by atoms with Crippen molar-refractivity contribution in [2.24, 2.45) is 0 Å². The van der Waals surface area contributed by atoms with Crippen LogP contribution in [0.1, 0.15) is 24.8 Å². The highest BCUT2D eigenvalue weighted by Crippen LogP contribution is 2.57. The zero-order chi connectivity index (χ0) is 12.3. The van der Waals surface area contributed by atoms with Crippen LogP contribution in [0.25, 0.3) is 0 Å². The van der Waals surface area contributed by atoms with E-state index < -0.39 is 0 Å². The Kier molecular flexibility index (Phi) is 1.90. The number of anilines is 1. The van der Waals surface area contributed by atoms with Crippen molar-refractivity contribution >= 4 is 11.6 Å². The smallest absolute Gasteiger partial charge is 0.245 e. The van der Waals surface area contributed by atoms with Crippen molar-refractivity contribution in [2.75, 3.05) is 25.0 Å². The summed E-state index contributed by atoms with van der Waals surface area (Å²) in [5.41, 5.74) is 3.17. The second kappa shape index (κ2) is 3.28. The number of amides is 1. The Hall–Kier alpha value is -1.51. The van der Waals surface area contributed by atoms with Gasteiger partial charge in [-0.3, -0.25) is 4.79 Å². The number of rotatable bonds is 1. The minimum Gasteiger partial charge on any atom is -0.358 e. The van der Waals surface area contributed by atoms with Crippen LogP contribution in [0.15, 0.2) is 24.3 Å². The van der Waals surface area contributed by atoms with E-state index in [0.717, 1.165) is 19.5 Å². The first-order valence-corrected chi connectivity index (χ1v) is 6.82. The van der Waals surface area contributed by atoms with Gasteiger partial charge in [-0.15, -0.1) is 0 Å². The number of carbonyl (C=O) groups is 1. The van der Waals surface area contributed by atoms with E-state index in [2.05, 4.69) is 29.2 Å². The summed E-state index contributed by atoms with van der Waals surface area (Å²) in [6, 6.07) is 8.75. The van der Waals surface area contributed by atoms with Crippen LogP contribution in [0.3, 0.4) is 0 Å². The first-order chi connectivity index (χ1) is 8.71. The van der Waals surface area contributed by atoms with Gasteiger partial charge < -0.3 is 9.80 Å². The number of fused-ring (bicyclic) bond motifs is 2. The Morgan fingerprint density at radius 2 is 2.06 bits per heavy atom. The van der Waals surface area contributed by atoms with Crippen LogP contribution >= 0.6 is 0 Å². The van der Waals surface area contributed by atoms with Gasteiger partial charge in [0.25, 0.3) is 0 Å². The average Bonchev–Trinajstić information content (AvgIpc) is 3.00. The molecule has 1 amide bonds. The number of benzene rings is 1. The van der Waals surface area contributed by atoms with Crippen molar-refractivity contribution < 1.29 is 4.79 Å². The maximum Gasteiger partial charge on any atom is 0.245 e. The van der Waals surface area contributed by atoms with Gasteiger partial charge in [-0.2, -0.15) is 0 Å². The molecule has 0 unspecified atom stereocenters. The summed E-state index contributed by atoms with van der Waals surface area (Å²) in [7, 11) is 1.91. The first-order valence-electron chi connectivity index (χ1n) is 6.82. The largest absolute Gasteiger partial charge is 0.358 e. The molecule has 1 aromatic carbocycles. The van der Waals surface area contributed by atoms with Gasteiger partial charge in [-0.05, 0) is 30.9 Å². The van der Waals surface area contributed by atoms with Crippen molar-refractivity contribution in [3.8, 4) is 0 Å². The molecule has 18 heavy (non-hydrogen) atoms. The Bertz CT molecular complexity index is 521. The van der Waals surface area contributed by atoms with E-state index in [-0.39, 0.29) is 6.04 Å². The molecule has 94 valence electrons. The fraction of sp³-hybridized carbons (Fsp3) is 0.533. The number of hydrogen-bond acceptors (Lipinski definition) is 2. The predicted octanol–water partition coefficient (Wildman–Crippen LogP) is 1.77. The number of nitrogens with zero attached hydrogens (tertiary/aromatic N) is 2. The summed E-state index contributed by atoms with van der Waals surface area (Å²) in [5, 5.41) is 0. The lowest BCUT2D eigenvalue weighted by atomic mass is 9.99. The Labute approximate surface area is 107 Å². The minimum absolute atomic E-state index is 0.0797. The highest BCUT2D eigenvalue weighted by Gasteiger charge is 2.54. The molecule has 3 aliphatic rings. The van der Waals surface area contributed by atoms with E-state index in [9.17, 15) is 4.79 Å². The molecule has 0 radical (unpaired) electrons. The van der Waals surface area contributed by atoms with Crippen LogP contribution in [-0.2, 0) is 10.2 Å². The molecule has 1 aromatic rings. The normalized spacial score (nSPS) is 28.1. The molecule has 0 aromatic heterocycles. The van der Waals surface area contributed by atoms with Gasteiger partial charge in [0.15, 0.2) is 0 Å². The third-order valence-electron chi connectivity index (χ3n) is 4.89. The van der Waals surface area contributed by atoms with Crippen molar-refractivity contribution in [2.45, 2.75) is 30.7 Å². The number of likely N-dealkylation sites (tertiary alicyclic amines) is 1. The van der Waals surface area contributed by atoms with Crippen molar-refractivity contribution in [3.05, 3.63) is 29.8 Å². The van der Waals surface area contributed by atoms with Gasteiger partial charge in [-0.1, -0.05) is 18.2 Å². The van der Waals surface area contributed by atoms with Crippen LogP contribution in [0, 0.1) is 0 Å². The zero-order valence-corrected chi connectivity index (χ0v) is 10.7. The number of hydrogen-bond donors (Lipinski definition) is 0. The maximum atomic E-state index is 12.2. The fourth-order valence-corrected chi connectivity index (χ4v) is 3.62. The molecule has 3 heteroatoms. The highest BCUT2D eigenvalue weighted by molar-refractivity contribution is 5.88. The van der Waals surface area contributed by atoms with Crippen molar-refractivity contribution in [1.82, 2.24) is 4.90 Å². The summed E-state index contributed by atoms with van der Waals surface area (Å²) >= 11 is 0. The lowest BCUT2D eigenvalue weighted by Crippen LogP contribution is -2.41. The van der Waals surface area contributed by atoms with Crippen molar-refractivity contribution in [3.63, 3.8) is 0 Å². The quantitative estimate of drug-likeness (QED) is 0.749. The lowest BCUT2D eigenvalue weighted by molar-refractivity contribution is -0.127. The third kappa shape index (κ3) is 1.22. The molecular formula is C15H18N2O. The Balaban J connectivity index is 1.74. The highest BCUT2D eigenvalue weighted by atomic mass is 16.2. The van der Waals surface area contributed by atoms with E-state index in [1.807, 2.05) is 11.9 Å². The second-order valence-electron chi connectivity index (χ2n) is 5.99. The molecule has 1 saturated carbocycles. The van der Waals surface area contributed by atoms with E-state index in [4.69, 9.17) is 0 Å². The second-order valence-corrected chi connectivity index (χ2v) is 5.99. The first kappa shape index (κ1) is 10.4. The monoisotopic (exact) mass is 242 g/mol. The molecule has 1 spiro atoms. The van der Waals surface area contributed by atoms with Crippen LogP contribution in [0.2, 0.25) is 0 Å². The molecule has 3 nitrogen and oxygen atoms in total. The Morgan fingerprint density at radius 1 is 1.28 bits per heavy atom. The molecule has 1 atom stereocenters.